The monoisotopic (exact) mass is 285 g/mol. The van der Waals surface area contributed by atoms with Crippen LogP contribution in [0.25, 0.3) is 0 Å². The number of fused-ring (bicyclic) bond motifs is 2. The first-order valence-electron chi connectivity index (χ1n) is 8.44. The zero-order valence-electron chi connectivity index (χ0n) is 13.5. The van der Waals surface area contributed by atoms with Crippen molar-refractivity contribution in [2.24, 2.45) is 17.8 Å². The number of aryl methyl sites for hydroxylation is 1. The Hall–Kier alpha value is -1.31. The molecule has 1 amide bonds. The first kappa shape index (κ1) is 14.6. The molecule has 0 spiro atoms. The van der Waals surface area contributed by atoms with Crippen molar-refractivity contribution in [2.75, 3.05) is 5.32 Å². The van der Waals surface area contributed by atoms with Crippen molar-refractivity contribution in [3.05, 3.63) is 29.3 Å². The van der Waals surface area contributed by atoms with Gasteiger partial charge in [-0.1, -0.05) is 38.5 Å². The molecular weight excluding hydrogens is 258 g/mol. The fourth-order valence-electron chi connectivity index (χ4n) is 4.40. The number of hydrogen-bond acceptors (Lipinski definition) is 1. The van der Waals surface area contributed by atoms with Gasteiger partial charge in [0.05, 0.1) is 0 Å². The van der Waals surface area contributed by atoms with E-state index in [1.54, 1.807) is 0 Å². The summed E-state index contributed by atoms with van der Waals surface area (Å²) in [5, 5.41) is 3.21. The van der Waals surface area contributed by atoms with Crippen molar-refractivity contribution in [1.82, 2.24) is 0 Å². The maximum Gasteiger partial charge on any atom is 0.224 e. The minimum Gasteiger partial charge on any atom is -0.326 e. The number of rotatable bonds is 4. The maximum absolute atomic E-state index is 12.5. The third-order valence-corrected chi connectivity index (χ3v) is 5.52. The zero-order chi connectivity index (χ0) is 15.0. The highest BCUT2D eigenvalue weighted by atomic mass is 16.1. The van der Waals surface area contributed by atoms with Crippen LogP contribution in [0.5, 0.6) is 0 Å². The lowest BCUT2D eigenvalue weighted by molar-refractivity contribution is -0.117. The number of carbonyl (C=O) groups excluding carboxylic acids is 1. The molecule has 21 heavy (non-hydrogen) atoms. The second-order valence-corrected chi connectivity index (χ2v) is 7.38. The smallest absolute Gasteiger partial charge is 0.224 e. The van der Waals surface area contributed by atoms with Crippen LogP contribution in [0.2, 0.25) is 0 Å². The molecule has 2 aliphatic rings. The van der Waals surface area contributed by atoms with E-state index in [1.807, 2.05) is 0 Å². The molecule has 2 heteroatoms. The van der Waals surface area contributed by atoms with E-state index in [0.717, 1.165) is 17.5 Å². The number of benzene rings is 1. The molecule has 0 heterocycles. The minimum atomic E-state index is 0.212. The van der Waals surface area contributed by atoms with Crippen LogP contribution < -0.4 is 5.32 Å². The van der Waals surface area contributed by atoms with Crippen molar-refractivity contribution >= 4 is 11.6 Å². The first-order chi connectivity index (χ1) is 10.0. The number of anilines is 1. The molecule has 3 rings (SSSR count). The summed E-state index contributed by atoms with van der Waals surface area (Å²) < 4.78 is 0. The molecule has 2 saturated carbocycles. The Bertz CT molecular complexity index is 534. The molecule has 1 N–H and O–H groups in total. The van der Waals surface area contributed by atoms with E-state index < -0.39 is 0 Å². The van der Waals surface area contributed by atoms with Crippen molar-refractivity contribution < 1.29 is 4.79 Å². The van der Waals surface area contributed by atoms with Gasteiger partial charge in [0, 0.05) is 12.1 Å². The lowest BCUT2D eigenvalue weighted by atomic mass is 9.86. The molecule has 0 aromatic heterocycles. The number of amides is 1. The van der Waals surface area contributed by atoms with Crippen LogP contribution in [0.15, 0.2) is 18.2 Å². The van der Waals surface area contributed by atoms with Gasteiger partial charge < -0.3 is 5.32 Å². The second kappa shape index (κ2) is 5.82. The number of carbonyl (C=O) groups is 1. The highest BCUT2D eigenvalue weighted by molar-refractivity contribution is 5.92. The van der Waals surface area contributed by atoms with E-state index in [1.165, 1.54) is 36.8 Å². The summed E-state index contributed by atoms with van der Waals surface area (Å²) in [6, 6.07) is 6.29. The summed E-state index contributed by atoms with van der Waals surface area (Å²) in [6.07, 6.45) is 6.12. The SMILES string of the molecule is Cc1cccc(C(C)C)c1NC(=O)C[C@@H]1C[C@@H]2CC[C@@H]1C2. The van der Waals surface area contributed by atoms with E-state index in [2.05, 4.69) is 44.3 Å². The van der Waals surface area contributed by atoms with Gasteiger partial charge in [-0.05, 0) is 61.0 Å². The molecule has 1 aromatic carbocycles. The van der Waals surface area contributed by atoms with Crippen LogP contribution in [0.4, 0.5) is 5.69 Å². The van der Waals surface area contributed by atoms with Crippen LogP contribution in [0, 0.1) is 24.7 Å². The van der Waals surface area contributed by atoms with E-state index >= 15 is 0 Å². The summed E-state index contributed by atoms with van der Waals surface area (Å²) in [7, 11) is 0. The van der Waals surface area contributed by atoms with Crippen molar-refractivity contribution in [2.45, 2.75) is 58.8 Å². The third-order valence-electron chi connectivity index (χ3n) is 5.52. The van der Waals surface area contributed by atoms with Gasteiger partial charge >= 0.3 is 0 Å². The quantitative estimate of drug-likeness (QED) is 0.839. The van der Waals surface area contributed by atoms with E-state index in [9.17, 15) is 4.79 Å². The van der Waals surface area contributed by atoms with Gasteiger partial charge in [0.1, 0.15) is 0 Å². The van der Waals surface area contributed by atoms with Gasteiger partial charge in [-0.15, -0.1) is 0 Å². The van der Waals surface area contributed by atoms with Crippen LogP contribution in [0.3, 0.4) is 0 Å². The number of nitrogens with one attached hydrogen (secondary N) is 1. The van der Waals surface area contributed by atoms with E-state index in [4.69, 9.17) is 0 Å². The molecule has 114 valence electrons. The van der Waals surface area contributed by atoms with Crippen LogP contribution >= 0.6 is 0 Å². The Labute approximate surface area is 128 Å². The molecule has 0 radical (unpaired) electrons. The predicted molar refractivity (Wildman–Crippen MR) is 87.5 cm³/mol. The van der Waals surface area contributed by atoms with Gasteiger partial charge in [-0.25, -0.2) is 0 Å². The molecule has 0 aliphatic heterocycles. The van der Waals surface area contributed by atoms with Gasteiger partial charge in [0.2, 0.25) is 5.91 Å². The number of hydrogen-bond donors (Lipinski definition) is 1. The predicted octanol–water partition coefficient (Wildman–Crippen LogP) is 4.88. The lowest BCUT2D eigenvalue weighted by Crippen LogP contribution is -2.21. The average molecular weight is 285 g/mol. The summed E-state index contributed by atoms with van der Waals surface area (Å²) in [5.74, 6) is 3.02. The molecule has 0 saturated heterocycles. The molecule has 1 aromatic rings. The Morgan fingerprint density at radius 1 is 1.29 bits per heavy atom. The fraction of sp³-hybridized carbons (Fsp3) is 0.632. The molecule has 2 aliphatic carbocycles. The summed E-state index contributed by atoms with van der Waals surface area (Å²) >= 11 is 0. The standard InChI is InChI=1S/C19H27NO/c1-12(2)17-6-4-5-13(3)19(17)20-18(21)11-16-10-14-7-8-15(16)9-14/h4-6,12,14-16H,7-11H2,1-3H3,(H,20,21)/t14-,15-,16+/m1/s1. The molecule has 2 fully saturated rings. The van der Waals surface area contributed by atoms with Gasteiger partial charge in [0.25, 0.3) is 0 Å². The topological polar surface area (TPSA) is 29.1 Å². The van der Waals surface area contributed by atoms with Crippen molar-refractivity contribution in [3.63, 3.8) is 0 Å². The molecule has 3 atom stereocenters. The first-order valence-corrected chi connectivity index (χ1v) is 8.44. The van der Waals surface area contributed by atoms with E-state index in [0.29, 0.717) is 18.3 Å². The highest BCUT2D eigenvalue weighted by Gasteiger charge is 2.40. The third kappa shape index (κ3) is 3.00. The van der Waals surface area contributed by atoms with Crippen LogP contribution in [-0.4, -0.2) is 5.91 Å². The van der Waals surface area contributed by atoms with Gasteiger partial charge in [-0.3, -0.25) is 4.79 Å². The normalized spacial score (nSPS) is 27.3. The molecule has 0 unspecified atom stereocenters. The highest BCUT2D eigenvalue weighted by Crippen LogP contribution is 2.49. The number of para-hydroxylation sites is 1. The van der Waals surface area contributed by atoms with E-state index in [-0.39, 0.29) is 5.91 Å². The Morgan fingerprint density at radius 3 is 2.71 bits per heavy atom. The van der Waals surface area contributed by atoms with Crippen molar-refractivity contribution in [1.29, 1.82) is 0 Å². The van der Waals surface area contributed by atoms with Gasteiger partial charge in [-0.2, -0.15) is 0 Å². The molecule has 2 nitrogen and oxygen atoms in total. The minimum absolute atomic E-state index is 0.212. The summed E-state index contributed by atoms with van der Waals surface area (Å²) in [4.78, 5) is 12.5. The molecule has 2 bridgehead atoms. The zero-order valence-corrected chi connectivity index (χ0v) is 13.5. The molecular formula is C19H27NO. The largest absolute Gasteiger partial charge is 0.326 e. The van der Waals surface area contributed by atoms with Crippen LogP contribution in [0.1, 0.15) is 63.0 Å². The fourth-order valence-corrected chi connectivity index (χ4v) is 4.40. The Kier molecular flexibility index (Phi) is 4.05. The lowest BCUT2D eigenvalue weighted by Gasteiger charge is -2.22. The second-order valence-electron chi connectivity index (χ2n) is 7.38. The summed E-state index contributed by atoms with van der Waals surface area (Å²) in [5.41, 5.74) is 3.46. The van der Waals surface area contributed by atoms with Crippen LogP contribution in [-0.2, 0) is 4.79 Å². The summed E-state index contributed by atoms with van der Waals surface area (Å²) in [6.45, 7) is 6.44. The van der Waals surface area contributed by atoms with Crippen molar-refractivity contribution in [3.8, 4) is 0 Å². The average Bonchev–Trinajstić information content (AvgIpc) is 3.03. The Morgan fingerprint density at radius 2 is 2.10 bits per heavy atom. The Balaban J connectivity index is 1.67. The van der Waals surface area contributed by atoms with Gasteiger partial charge in [0.15, 0.2) is 0 Å². The maximum atomic E-state index is 12.5.